The van der Waals surface area contributed by atoms with Crippen LogP contribution in [0.15, 0.2) is 35.5 Å². The lowest BCUT2D eigenvalue weighted by molar-refractivity contribution is -0.151. The summed E-state index contributed by atoms with van der Waals surface area (Å²) >= 11 is 1.26. The van der Waals surface area contributed by atoms with Gasteiger partial charge in [0.1, 0.15) is 35.5 Å². The Balaban J connectivity index is 1.71. The standard InChI is InChI=1S/C18H19N3O7S/c1-8(22)28-6-10-7-29-17-13(16(25)21(17)14(10)18(26)27)20-15(24)12(19)9-2-4-11(23)5-3-9/h2-5,12-13,17,23H,6-7,19H2,1H3,(H,20,24)(H,26,27)/t12?,13-,17+/m0/s1. The molecule has 1 aromatic carbocycles. The molecular weight excluding hydrogens is 402 g/mol. The number of aromatic hydroxyl groups is 1. The van der Waals surface area contributed by atoms with Crippen molar-refractivity contribution in [2.75, 3.05) is 12.4 Å². The third-order valence-corrected chi connectivity index (χ3v) is 5.87. The zero-order valence-electron chi connectivity index (χ0n) is 15.3. The Morgan fingerprint density at radius 3 is 2.59 bits per heavy atom. The van der Waals surface area contributed by atoms with Gasteiger partial charge in [0.15, 0.2) is 0 Å². The van der Waals surface area contributed by atoms with Crippen LogP contribution in [0.4, 0.5) is 0 Å². The number of nitrogens with two attached hydrogens (primary N) is 1. The van der Waals surface area contributed by atoms with E-state index in [-0.39, 0.29) is 23.8 Å². The van der Waals surface area contributed by atoms with Gasteiger partial charge in [0, 0.05) is 18.2 Å². The van der Waals surface area contributed by atoms with Crippen molar-refractivity contribution in [3.8, 4) is 5.75 Å². The number of esters is 1. The SMILES string of the molecule is CC(=O)OCC1=C(C(=O)O)N2C(=O)[C@H](NC(=O)C(N)c3ccc(O)cc3)[C@H]2SC1. The van der Waals surface area contributed by atoms with Crippen molar-refractivity contribution in [2.45, 2.75) is 24.4 Å². The summed E-state index contributed by atoms with van der Waals surface area (Å²) in [4.78, 5) is 48.8. The van der Waals surface area contributed by atoms with E-state index in [1.165, 1.54) is 43.0 Å². The Morgan fingerprint density at radius 2 is 2.00 bits per heavy atom. The summed E-state index contributed by atoms with van der Waals surface area (Å²) in [7, 11) is 0. The number of carboxylic acids is 1. The fraction of sp³-hybridized carbons (Fsp3) is 0.333. The highest BCUT2D eigenvalue weighted by molar-refractivity contribution is 8.00. The van der Waals surface area contributed by atoms with E-state index >= 15 is 0 Å². The van der Waals surface area contributed by atoms with E-state index in [4.69, 9.17) is 10.5 Å². The summed E-state index contributed by atoms with van der Waals surface area (Å²) < 4.78 is 4.87. The fourth-order valence-electron chi connectivity index (χ4n) is 3.06. The highest BCUT2D eigenvalue weighted by Gasteiger charge is 2.54. The molecule has 154 valence electrons. The van der Waals surface area contributed by atoms with Crippen LogP contribution in [0.1, 0.15) is 18.5 Å². The van der Waals surface area contributed by atoms with Crippen LogP contribution in [0, 0.1) is 0 Å². The van der Waals surface area contributed by atoms with Crippen molar-refractivity contribution in [2.24, 2.45) is 5.73 Å². The Bertz CT molecular complexity index is 899. The summed E-state index contributed by atoms with van der Waals surface area (Å²) in [6.07, 6.45) is 0. The van der Waals surface area contributed by atoms with Gasteiger partial charge in [-0.1, -0.05) is 12.1 Å². The quantitative estimate of drug-likeness (QED) is 0.357. The van der Waals surface area contributed by atoms with Crippen LogP contribution in [-0.2, 0) is 23.9 Å². The molecule has 10 nitrogen and oxygen atoms in total. The number of nitrogens with zero attached hydrogens (tertiary/aromatic N) is 1. The van der Waals surface area contributed by atoms with Gasteiger partial charge in [0.05, 0.1) is 0 Å². The number of amides is 2. The van der Waals surface area contributed by atoms with Crippen LogP contribution in [0.5, 0.6) is 5.75 Å². The van der Waals surface area contributed by atoms with Gasteiger partial charge < -0.3 is 26.0 Å². The number of nitrogens with one attached hydrogen (secondary N) is 1. The summed E-state index contributed by atoms with van der Waals surface area (Å²) in [6, 6.07) is 3.81. The van der Waals surface area contributed by atoms with Crippen molar-refractivity contribution < 1.29 is 34.1 Å². The minimum atomic E-state index is -1.31. The number of benzene rings is 1. The molecule has 1 fully saturated rings. The first kappa shape index (κ1) is 20.7. The predicted octanol–water partition coefficient (Wildman–Crippen LogP) is -0.306. The number of rotatable bonds is 6. The average Bonchev–Trinajstić information content (AvgIpc) is 2.69. The highest BCUT2D eigenvalue weighted by Crippen LogP contribution is 2.40. The molecule has 2 aliphatic rings. The average molecular weight is 421 g/mol. The maximum absolute atomic E-state index is 12.6. The van der Waals surface area contributed by atoms with Gasteiger partial charge >= 0.3 is 11.9 Å². The van der Waals surface area contributed by atoms with Crippen molar-refractivity contribution in [3.63, 3.8) is 0 Å². The summed E-state index contributed by atoms with van der Waals surface area (Å²) in [5.41, 5.74) is 6.46. The van der Waals surface area contributed by atoms with Crippen LogP contribution in [0.3, 0.4) is 0 Å². The van der Waals surface area contributed by atoms with E-state index in [0.29, 0.717) is 11.1 Å². The molecule has 0 aromatic heterocycles. The molecule has 11 heteroatoms. The number of fused-ring (bicyclic) bond motifs is 1. The summed E-state index contributed by atoms with van der Waals surface area (Å²) in [5, 5.41) is 20.8. The van der Waals surface area contributed by atoms with Crippen LogP contribution in [0.25, 0.3) is 0 Å². The largest absolute Gasteiger partial charge is 0.508 e. The molecule has 0 spiro atoms. The van der Waals surface area contributed by atoms with Crippen LogP contribution >= 0.6 is 11.8 Å². The lowest BCUT2D eigenvalue weighted by Crippen LogP contribution is -2.71. The monoisotopic (exact) mass is 421 g/mol. The summed E-state index contributed by atoms with van der Waals surface area (Å²) in [6.45, 7) is 0.987. The minimum absolute atomic E-state index is 0.0299. The number of hydrogen-bond acceptors (Lipinski definition) is 8. The lowest BCUT2D eigenvalue weighted by atomic mass is 10.0. The smallest absolute Gasteiger partial charge is 0.352 e. The first-order valence-electron chi connectivity index (χ1n) is 8.59. The van der Waals surface area contributed by atoms with Gasteiger partial charge in [-0.2, -0.15) is 0 Å². The molecule has 5 N–H and O–H groups in total. The Hall–Kier alpha value is -3.05. The fourth-order valence-corrected chi connectivity index (χ4v) is 4.39. The van der Waals surface area contributed by atoms with E-state index in [1.807, 2.05) is 0 Å². The van der Waals surface area contributed by atoms with Gasteiger partial charge in [-0.05, 0) is 17.7 Å². The van der Waals surface area contributed by atoms with E-state index in [9.17, 15) is 29.4 Å². The van der Waals surface area contributed by atoms with E-state index in [2.05, 4.69) is 5.32 Å². The van der Waals surface area contributed by atoms with Crippen LogP contribution < -0.4 is 11.1 Å². The Kier molecular flexibility index (Phi) is 5.80. The number of aliphatic carboxylic acids is 1. The molecule has 0 radical (unpaired) electrons. The maximum Gasteiger partial charge on any atom is 0.352 e. The molecule has 0 aliphatic carbocycles. The van der Waals surface area contributed by atoms with Crippen molar-refractivity contribution in [1.29, 1.82) is 0 Å². The Labute approximate surface area is 169 Å². The molecule has 2 amide bonds. The molecule has 29 heavy (non-hydrogen) atoms. The van der Waals surface area contributed by atoms with Crippen molar-refractivity contribution in [3.05, 3.63) is 41.1 Å². The zero-order valence-corrected chi connectivity index (χ0v) is 16.1. The highest BCUT2D eigenvalue weighted by atomic mass is 32.2. The summed E-state index contributed by atoms with van der Waals surface area (Å²) in [5.74, 6) is -2.77. The van der Waals surface area contributed by atoms with Gasteiger partial charge in [-0.3, -0.25) is 19.3 Å². The minimum Gasteiger partial charge on any atom is -0.508 e. The third-order valence-electron chi connectivity index (χ3n) is 4.53. The first-order valence-corrected chi connectivity index (χ1v) is 9.63. The molecule has 1 aromatic rings. The van der Waals surface area contributed by atoms with E-state index in [1.54, 1.807) is 0 Å². The van der Waals surface area contributed by atoms with Gasteiger partial charge in [0.2, 0.25) is 5.91 Å². The first-order chi connectivity index (χ1) is 13.7. The second-order valence-corrected chi connectivity index (χ2v) is 7.61. The third kappa shape index (κ3) is 4.05. The number of carbonyl (C=O) groups is 4. The Morgan fingerprint density at radius 1 is 1.34 bits per heavy atom. The van der Waals surface area contributed by atoms with E-state index < -0.39 is 41.2 Å². The number of phenols is 1. The predicted molar refractivity (Wildman–Crippen MR) is 101 cm³/mol. The number of phenolic OH excluding ortho intramolecular Hbond substituents is 1. The molecule has 1 unspecified atom stereocenters. The molecule has 3 atom stereocenters. The molecule has 2 heterocycles. The van der Waals surface area contributed by atoms with Gasteiger partial charge in [-0.25, -0.2) is 4.79 Å². The number of thioether (sulfide) groups is 1. The molecule has 0 bridgehead atoms. The zero-order chi connectivity index (χ0) is 21.3. The molecular formula is C18H19N3O7S. The van der Waals surface area contributed by atoms with Crippen molar-refractivity contribution >= 4 is 35.5 Å². The number of ether oxygens (including phenoxy) is 1. The van der Waals surface area contributed by atoms with Gasteiger partial charge in [0.25, 0.3) is 5.91 Å². The molecule has 1 saturated heterocycles. The van der Waals surface area contributed by atoms with E-state index in [0.717, 1.165) is 4.90 Å². The number of β-lactam (4-membered cyclic amide) rings is 1. The lowest BCUT2D eigenvalue weighted by Gasteiger charge is -2.49. The number of carbonyl (C=O) groups excluding carboxylic acids is 3. The topological polar surface area (TPSA) is 159 Å². The van der Waals surface area contributed by atoms with Crippen LogP contribution in [0.2, 0.25) is 0 Å². The second kappa shape index (κ2) is 8.13. The normalized spacial score (nSPS) is 21.7. The maximum atomic E-state index is 12.6. The van der Waals surface area contributed by atoms with Gasteiger partial charge in [-0.15, -0.1) is 11.8 Å². The second-order valence-electron chi connectivity index (χ2n) is 6.50. The van der Waals surface area contributed by atoms with Crippen molar-refractivity contribution in [1.82, 2.24) is 10.2 Å². The molecule has 2 aliphatic heterocycles. The number of hydrogen-bond donors (Lipinski definition) is 4. The van der Waals surface area contributed by atoms with Crippen LogP contribution in [-0.4, -0.2) is 62.6 Å². The molecule has 0 saturated carbocycles. The molecule has 3 rings (SSSR count). The number of carboxylic acid groups (broad SMARTS) is 1.